The van der Waals surface area contributed by atoms with Crippen LogP contribution in [-0.4, -0.2) is 12.7 Å². The summed E-state index contributed by atoms with van der Waals surface area (Å²) in [4.78, 5) is 0. The quantitative estimate of drug-likeness (QED) is 0.758. The van der Waals surface area contributed by atoms with Crippen molar-refractivity contribution in [3.63, 3.8) is 0 Å². The van der Waals surface area contributed by atoms with Crippen molar-refractivity contribution in [3.8, 4) is 11.5 Å². The van der Waals surface area contributed by atoms with Crippen LogP contribution in [0.5, 0.6) is 11.5 Å². The van der Waals surface area contributed by atoms with Crippen molar-refractivity contribution >= 4 is 5.69 Å². The molecule has 0 aliphatic heterocycles. The molecule has 0 amide bonds. The van der Waals surface area contributed by atoms with Crippen molar-refractivity contribution in [2.24, 2.45) is 0 Å². The first-order valence-corrected chi connectivity index (χ1v) is 5.36. The van der Waals surface area contributed by atoms with E-state index in [1.165, 1.54) is 0 Å². The summed E-state index contributed by atoms with van der Waals surface area (Å²) in [5, 5.41) is 0. The van der Waals surface area contributed by atoms with Gasteiger partial charge < -0.3 is 15.2 Å². The fourth-order valence-electron chi connectivity index (χ4n) is 1.18. The SMILES string of the molecule is CCOc1cc(OC(C)CC)ccc1N. The molecule has 0 heterocycles. The highest BCUT2D eigenvalue weighted by molar-refractivity contribution is 5.55. The summed E-state index contributed by atoms with van der Waals surface area (Å²) in [7, 11) is 0. The molecule has 0 saturated heterocycles. The Kier molecular flexibility index (Phi) is 4.28. The number of rotatable bonds is 5. The van der Waals surface area contributed by atoms with E-state index in [9.17, 15) is 0 Å². The molecule has 0 saturated carbocycles. The molecule has 0 aliphatic carbocycles. The maximum absolute atomic E-state index is 5.76. The van der Waals surface area contributed by atoms with Gasteiger partial charge in [-0.1, -0.05) is 6.92 Å². The first-order valence-electron chi connectivity index (χ1n) is 5.36. The molecule has 0 bridgehead atoms. The summed E-state index contributed by atoms with van der Waals surface area (Å²) in [5.74, 6) is 1.50. The third kappa shape index (κ3) is 3.35. The van der Waals surface area contributed by atoms with Gasteiger partial charge in [-0.05, 0) is 32.4 Å². The number of hydrogen-bond donors (Lipinski definition) is 1. The van der Waals surface area contributed by atoms with Gasteiger partial charge in [-0.15, -0.1) is 0 Å². The molecule has 1 unspecified atom stereocenters. The Balaban J connectivity index is 2.77. The van der Waals surface area contributed by atoms with Crippen LogP contribution < -0.4 is 15.2 Å². The largest absolute Gasteiger partial charge is 0.492 e. The lowest BCUT2D eigenvalue weighted by Gasteiger charge is -2.14. The molecule has 2 N–H and O–H groups in total. The van der Waals surface area contributed by atoms with Crippen LogP contribution in [0, 0.1) is 0 Å². The van der Waals surface area contributed by atoms with Crippen molar-refractivity contribution in [2.45, 2.75) is 33.3 Å². The van der Waals surface area contributed by atoms with Gasteiger partial charge >= 0.3 is 0 Å². The van der Waals surface area contributed by atoms with Crippen LogP contribution in [0.25, 0.3) is 0 Å². The van der Waals surface area contributed by atoms with Gasteiger partial charge in [-0.3, -0.25) is 0 Å². The summed E-state index contributed by atoms with van der Waals surface area (Å²) in [6.45, 7) is 6.67. The van der Waals surface area contributed by atoms with Crippen molar-refractivity contribution in [2.75, 3.05) is 12.3 Å². The lowest BCUT2D eigenvalue weighted by Crippen LogP contribution is -2.10. The second-order valence-corrected chi connectivity index (χ2v) is 3.47. The molecule has 3 nitrogen and oxygen atoms in total. The highest BCUT2D eigenvalue weighted by Crippen LogP contribution is 2.27. The molecule has 1 atom stereocenters. The summed E-state index contributed by atoms with van der Waals surface area (Å²) in [6, 6.07) is 5.51. The number of hydrogen-bond acceptors (Lipinski definition) is 3. The molecule has 0 spiro atoms. The minimum Gasteiger partial charge on any atom is -0.492 e. The van der Waals surface area contributed by atoms with Crippen molar-refractivity contribution in [1.82, 2.24) is 0 Å². The Labute approximate surface area is 91.2 Å². The van der Waals surface area contributed by atoms with E-state index in [1.807, 2.05) is 32.0 Å². The van der Waals surface area contributed by atoms with E-state index in [0.717, 1.165) is 12.2 Å². The lowest BCUT2D eigenvalue weighted by molar-refractivity contribution is 0.216. The van der Waals surface area contributed by atoms with E-state index in [2.05, 4.69) is 6.92 Å². The van der Waals surface area contributed by atoms with Crippen molar-refractivity contribution in [1.29, 1.82) is 0 Å². The van der Waals surface area contributed by atoms with Gasteiger partial charge in [0.25, 0.3) is 0 Å². The van der Waals surface area contributed by atoms with Crippen LogP contribution in [0.1, 0.15) is 27.2 Å². The molecule has 0 aliphatic rings. The number of ether oxygens (including phenoxy) is 2. The van der Waals surface area contributed by atoms with Crippen molar-refractivity contribution in [3.05, 3.63) is 18.2 Å². The van der Waals surface area contributed by atoms with Gasteiger partial charge in [0.1, 0.15) is 11.5 Å². The molecule has 1 rings (SSSR count). The van der Waals surface area contributed by atoms with Crippen LogP contribution >= 0.6 is 0 Å². The minimum absolute atomic E-state index is 0.211. The van der Waals surface area contributed by atoms with Gasteiger partial charge in [0.05, 0.1) is 18.4 Å². The predicted molar refractivity (Wildman–Crippen MR) is 62.4 cm³/mol. The first kappa shape index (κ1) is 11.7. The number of nitrogen functional groups attached to an aromatic ring is 1. The molecule has 0 radical (unpaired) electrons. The van der Waals surface area contributed by atoms with Crippen molar-refractivity contribution < 1.29 is 9.47 Å². The minimum atomic E-state index is 0.211. The standard InChI is InChI=1S/C12H19NO2/c1-4-9(3)15-10-6-7-11(13)12(8-10)14-5-2/h6-9H,4-5,13H2,1-3H3. The molecule has 0 aromatic heterocycles. The van der Waals surface area contributed by atoms with E-state index in [4.69, 9.17) is 15.2 Å². The Hall–Kier alpha value is -1.38. The highest BCUT2D eigenvalue weighted by atomic mass is 16.5. The van der Waals surface area contributed by atoms with Gasteiger partial charge in [0.2, 0.25) is 0 Å². The van der Waals surface area contributed by atoms with E-state index in [1.54, 1.807) is 0 Å². The van der Waals surface area contributed by atoms with Gasteiger partial charge in [-0.2, -0.15) is 0 Å². The molecule has 1 aromatic carbocycles. The summed E-state index contributed by atoms with van der Waals surface area (Å²) >= 11 is 0. The average molecular weight is 209 g/mol. The Morgan fingerprint density at radius 3 is 2.67 bits per heavy atom. The Morgan fingerprint density at radius 1 is 1.33 bits per heavy atom. The second-order valence-electron chi connectivity index (χ2n) is 3.47. The lowest BCUT2D eigenvalue weighted by atomic mass is 10.2. The fraction of sp³-hybridized carbons (Fsp3) is 0.500. The molecular weight excluding hydrogens is 190 g/mol. The van der Waals surface area contributed by atoms with E-state index < -0.39 is 0 Å². The highest BCUT2D eigenvalue weighted by Gasteiger charge is 2.05. The molecule has 0 fully saturated rings. The van der Waals surface area contributed by atoms with Crippen LogP contribution in [0.2, 0.25) is 0 Å². The zero-order valence-corrected chi connectivity index (χ0v) is 9.62. The van der Waals surface area contributed by atoms with Gasteiger partial charge in [-0.25, -0.2) is 0 Å². The maximum Gasteiger partial charge on any atom is 0.145 e. The predicted octanol–water partition coefficient (Wildman–Crippen LogP) is 2.84. The molecule has 15 heavy (non-hydrogen) atoms. The maximum atomic E-state index is 5.76. The summed E-state index contributed by atoms with van der Waals surface area (Å²) < 4.78 is 11.1. The monoisotopic (exact) mass is 209 g/mol. The summed E-state index contributed by atoms with van der Waals surface area (Å²) in [6.07, 6.45) is 1.19. The van der Waals surface area contributed by atoms with E-state index in [-0.39, 0.29) is 6.10 Å². The molecule has 84 valence electrons. The van der Waals surface area contributed by atoms with Gasteiger partial charge in [0.15, 0.2) is 0 Å². The Bertz CT molecular complexity index is 312. The third-order valence-electron chi connectivity index (χ3n) is 2.20. The first-order chi connectivity index (χ1) is 7.17. The number of anilines is 1. The Morgan fingerprint density at radius 2 is 2.07 bits per heavy atom. The zero-order valence-electron chi connectivity index (χ0n) is 9.62. The van der Waals surface area contributed by atoms with Crippen LogP contribution in [0.4, 0.5) is 5.69 Å². The summed E-state index contributed by atoms with van der Waals surface area (Å²) in [5.41, 5.74) is 6.40. The van der Waals surface area contributed by atoms with Gasteiger partial charge in [0, 0.05) is 6.07 Å². The third-order valence-corrected chi connectivity index (χ3v) is 2.20. The molecule has 3 heteroatoms. The number of benzene rings is 1. The topological polar surface area (TPSA) is 44.5 Å². The number of nitrogens with two attached hydrogens (primary N) is 1. The van der Waals surface area contributed by atoms with E-state index >= 15 is 0 Å². The molecular formula is C12H19NO2. The van der Waals surface area contributed by atoms with E-state index in [0.29, 0.717) is 18.0 Å². The van der Waals surface area contributed by atoms with Crippen LogP contribution in [0.3, 0.4) is 0 Å². The van der Waals surface area contributed by atoms with Crippen LogP contribution in [0.15, 0.2) is 18.2 Å². The fourth-order valence-corrected chi connectivity index (χ4v) is 1.18. The average Bonchev–Trinajstić information content (AvgIpc) is 2.23. The zero-order chi connectivity index (χ0) is 11.3. The molecule has 1 aromatic rings. The smallest absolute Gasteiger partial charge is 0.145 e. The normalized spacial score (nSPS) is 12.2. The van der Waals surface area contributed by atoms with Crippen LogP contribution in [-0.2, 0) is 0 Å². The second kappa shape index (κ2) is 5.49.